The molecule has 0 radical (unpaired) electrons. The van der Waals surface area contributed by atoms with E-state index in [2.05, 4.69) is 39.5 Å². The van der Waals surface area contributed by atoms with Crippen molar-refractivity contribution in [3.05, 3.63) is 86.3 Å². The summed E-state index contributed by atoms with van der Waals surface area (Å²) in [7, 11) is 0. The van der Waals surface area contributed by atoms with E-state index in [4.69, 9.17) is 23.2 Å². The summed E-state index contributed by atoms with van der Waals surface area (Å²) in [5, 5.41) is 4.82. The van der Waals surface area contributed by atoms with Gasteiger partial charge in [0.05, 0.1) is 11.0 Å². The molecule has 0 spiro atoms. The summed E-state index contributed by atoms with van der Waals surface area (Å²) < 4.78 is 0. The van der Waals surface area contributed by atoms with Crippen molar-refractivity contribution in [1.29, 1.82) is 0 Å². The van der Waals surface area contributed by atoms with Crippen LogP contribution in [0.3, 0.4) is 0 Å². The molecule has 3 aromatic rings. The van der Waals surface area contributed by atoms with Gasteiger partial charge in [-0.3, -0.25) is 4.90 Å². The summed E-state index contributed by atoms with van der Waals surface area (Å²) >= 11 is 13.9. The van der Waals surface area contributed by atoms with Crippen molar-refractivity contribution in [2.75, 3.05) is 13.1 Å². The zero-order chi connectivity index (χ0) is 17.2. The summed E-state index contributed by atoms with van der Waals surface area (Å²) in [6, 6.07) is 16.6. The Labute approximate surface area is 162 Å². The highest BCUT2D eigenvalue weighted by Gasteiger charge is 2.34. The Hall–Kier alpha value is -1.39. The van der Waals surface area contributed by atoms with E-state index < -0.39 is 0 Å². The minimum atomic E-state index is 0.238. The Morgan fingerprint density at radius 3 is 2.00 bits per heavy atom. The number of halogens is 2. The monoisotopic (exact) mass is 388 g/mol. The van der Waals surface area contributed by atoms with Gasteiger partial charge in [-0.25, -0.2) is 4.98 Å². The molecular formula is C20H18Cl2N2S. The van der Waals surface area contributed by atoms with Gasteiger partial charge in [0.2, 0.25) is 0 Å². The van der Waals surface area contributed by atoms with Crippen LogP contribution in [0.15, 0.2) is 60.1 Å². The largest absolute Gasteiger partial charge is 0.292 e. The first kappa shape index (κ1) is 17.0. The molecule has 0 bridgehead atoms. The fourth-order valence-corrected chi connectivity index (χ4v) is 4.44. The molecule has 25 heavy (non-hydrogen) atoms. The van der Waals surface area contributed by atoms with Gasteiger partial charge in [0.1, 0.15) is 0 Å². The van der Waals surface area contributed by atoms with Gasteiger partial charge in [-0.2, -0.15) is 0 Å². The van der Waals surface area contributed by atoms with Crippen LogP contribution in [0.25, 0.3) is 0 Å². The molecule has 2 nitrogen and oxygen atoms in total. The SMILES string of the molecule is Clc1ccc(C(c2ccc(Cl)cc2)N2CC(Cc3nccs3)C2)cc1. The lowest BCUT2D eigenvalue weighted by atomic mass is 9.89. The third-order valence-corrected chi connectivity index (χ3v) is 5.97. The number of benzene rings is 2. The third kappa shape index (κ3) is 3.90. The van der Waals surface area contributed by atoms with E-state index in [-0.39, 0.29) is 6.04 Å². The highest BCUT2D eigenvalue weighted by molar-refractivity contribution is 7.09. The van der Waals surface area contributed by atoms with Crippen molar-refractivity contribution in [2.24, 2.45) is 5.92 Å². The summed E-state index contributed by atoms with van der Waals surface area (Å²) in [5.41, 5.74) is 2.53. The Kier molecular flexibility index (Phi) is 5.09. The molecule has 1 fully saturated rings. The topological polar surface area (TPSA) is 16.1 Å². The molecule has 1 aliphatic rings. The van der Waals surface area contributed by atoms with Crippen LogP contribution in [0.5, 0.6) is 0 Å². The average Bonchev–Trinajstić information content (AvgIpc) is 3.09. The zero-order valence-electron chi connectivity index (χ0n) is 13.6. The van der Waals surface area contributed by atoms with Crippen LogP contribution in [0.1, 0.15) is 22.2 Å². The highest BCUT2D eigenvalue weighted by Crippen LogP contribution is 2.36. The molecule has 0 atom stereocenters. The van der Waals surface area contributed by atoms with E-state index in [9.17, 15) is 0 Å². The lowest BCUT2D eigenvalue weighted by molar-refractivity contribution is 0.0688. The molecule has 0 N–H and O–H groups in total. The maximum absolute atomic E-state index is 6.08. The van der Waals surface area contributed by atoms with Gasteiger partial charge >= 0.3 is 0 Å². The molecule has 0 unspecified atom stereocenters. The molecule has 4 rings (SSSR count). The first-order chi connectivity index (χ1) is 12.2. The van der Waals surface area contributed by atoms with Gasteiger partial charge in [-0.15, -0.1) is 11.3 Å². The Morgan fingerprint density at radius 1 is 0.960 bits per heavy atom. The van der Waals surface area contributed by atoms with Gasteiger partial charge in [0.15, 0.2) is 0 Å². The standard InChI is InChI=1S/C20H18Cl2N2S/c21-17-5-1-15(2-6-17)20(16-3-7-18(22)8-4-16)24-12-14(13-24)11-19-23-9-10-25-19/h1-10,14,20H,11-13H2. The van der Waals surface area contributed by atoms with E-state index in [1.165, 1.54) is 16.1 Å². The Balaban J connectivity index is 1.54. The predicted molar refractivity (Wildman–Crippen MR) is 106 cm³/mol. The highest BCUT2D eigenvalue weighted by atomic mass is 35.5. The molecule has 0 saturated carbocycles. The van der Waals surface area contributed by atoms with Crippen molar-refractivity contribution < 1.29 is 0 Å². The maximum Gasteiger partial charge on any atom is 0.0928 e. The van der Waals surface area contributed by atoms with Crippen LogP contribution in [0.2, 0.25) is 10.0 Å². The first-order valence-corrected chi connectivity index (χ1v) is 9.96. The minimum Gasteiger partial charge on any atom is -0.292 e. The van der Waals surface area contributed by atoms with Gasteiger partial charge in [0, 0.05) is 41.1 Å². The molecule has 5 heteroatoms. The quantitative estimate of drug-likeness (QED) is 0.555. The second kappa shape index (κ2) is 7.46. The maximum atomic E-state index is 6.08. The van der Waals surface area contributed by atoms with Gasteiger partial charge < -0.3 is 0 Å². The van der Waals surface area contributed by atoms with Gasteiger partial charge in [-0.1, -0.05) is 47.5 Å². The van der Waals surface area contributed by atoms with E-state index in [0.29, 0.717) is 5.92 Å². The van der Waals surface area contributed by atoms with E-state index in [1.807, 2.05) is 30.5 Å². The van der Waals surface area contributed by atoms with E-state index >= 15 is 0 Å². The number of thiazole rings is 1. The number of hydrogen-bond acceptors (Lipinski definition) is 3. The van der Waals surface area contributed by atoms with Crippen molar-refractivity contribution in [2.45, 2.75) is 12.5 Å². The molecule has 1 saturated heterocycles. The summed E-state index contributed by atoms with van der Waals surface area (Å²) in [5.74, 6) is 0.674. The molecule has 2 heterocycles. The molecular weight excluding hydrogens is 371 g/mol. The number of likely N-dealkylation sites (tertiary alicyclic amines) is 1. The van der Waals surface area contributed by atoms with Crippen LogP contribution in [-0.2, 0) is 6.42 Å². The van der Waals surface area contributed by atoms with Crippen molar-refractivity contribution >= 4 is 34.5 Å². The second-order valence-electron chi connectivity index (χ2n) is 6.46. The minimum absolute atomic E-state index is 0.238. The predicted octanol–water partition coefficient (Wildman–Crippen LogP) is 5.71. The lowest BCUT2D eigenvalue weighted by Crippen LogP contribution is -2.49. The summed E-state index contributed by atoms with van der Waals surface area (Å²) in [6.45, 7) is 2.16. The smallest absolute Gasteiger partial charge is 0.0928 e. The molecule has 128 valence electrons. The average molecular weight is 389 g/mol. The second-order valence-corrected chi connectivity index (χ2v) is 8.31. The normalized spacial score (nSPS) is 15.5. The summed E-state index contributed by atoms with van der Waals surface area (Å²) in [4.78, 5) is 6.93. The van der Waals surface area contributed by atoms with Gasteiger partial charge in [0.25, 0.3) is 0 Å². The number of aromatic nitrogens is 1. The third-order valence-electron chi connectivity index (χ3n) is 4.67. The number of rotatable bonds is 5. The fourth-order valence-electron chi connectivity index (χ4n) is 3.45. The van der Waals surface area contributed by atoms with Crippen LogP contribution in [0, 0.1) is 5.92 Å². The number of nitrogens with zero attached hydrogens (tertiary/aromatic N) is 2. The van der Waals surface area contributed by atoms with Crippen molar-refractivity contribution in [1.82, 2.24) is 9.88 Å². The molecule has 0 amide bonds. The Bertz CT molecular complexity index is 764. The van der Waals surface area contributed by atoms with E-state index in [0.717, 1.165) is 29.6 Å². The zero-order valence-corrected chi connectivity index (χ0v) is 15.9. The van der Waals surface area contributed by atoms with Crippen LogP contribution < -0.4 is 0 Å². The fraction of sp³-hybridized carbons (Fsp3) is 0.250. The number of hydrogen-bond donors (Lipinski definition) is 0. The molecule has 1 aliphatic heterocycles. The lowest BCUT2D eigenvalue weighted by Gasteiger charge is -2.44. The van der Waals surface area contributed by atoms with Crippen LogP contribution in [-0.4, -0.2) is 23.0 Å². The molecule has 1 aromatic heterocycles. The van der Waals surface area contributed by atoms with Crippen molar-refractivity contribution in [3.8, 4) is 0 Å². The molecule has 2 aromatic carbocycles. The van der Waals surface area contributed by atoms with Gasteiger partial charge in [-0.05, 0) is 41.3 Å². The van der Waals surface area contributed by atoms with Crippen LogP contribution >= 0.6 is 34.5 Å². The van der Waals surface area contributed by atoms with Crippen molar-refractivity contribution in [3.63, 3.8) is 0 Å². The van der Waals surface area contributed by atoms with Crippen LogP contribution in [0.4, 0.5) is 0 Å². The summed E-state index contributed by atoms with van der Waals surface area (Å²) in [6.07, 6.45) is 2.96. The first-order valence-electron chi connectivity index (χ1n) is 8.32. The van der Waals surface area contributed by atoms with E-state index in [1.54, 1.807) is 11.3 Å². The molecule has 0 aliphatic carbocycles. The Morgan fingerprint density at radius 2 is 1.52 bits per heavy atom.